The van der Waals surface area contributed by atoms with E-state index in [-0.39, 0.29) is 6.09 Å². The molecule has 5 heteroatoms. The molecular weight excluding hydrogens is 270 g/mol. The quantitative estimate of drug-likeness (QED) is 0.860. The number of ether oxygens (including phenoxy) is 3. The minimum Gasteiger partial charge on any atom is -0.444 e. The summed E-state index contributed by atoms with van der Waals surface area (Å²) in [6.07, 6.45) is -0.731. The van der Waals surface area contributed by atoms with Gasteiger partial charge in [-0.3, -0.25) is 0 Å². The average molecular weight is 293 g/mol. The lowest BCUT2D eigenvalue weighted by Crippen LogP contribution is -2.48. The highest BCUT2D eigenvalue weighted by Gasteiger charge is 2.28. The Kier molecular flexibility index (Phi) is 5.20. The number of nitrogens with zero attached hydrogens (tertiary/aromatic N) is 1. The molecule has 1 fully saturated rings. The Labute approximate surface area is 125 Å². The molecule has 0 aliphatic carbocycles. The average Bonchev–Trinajstić information content (AvgIpc) is 2.45. The number of rotatable bonds is 3. The molecule has 1 aliphatic heterocycles. The van der Waals surface area contributed by atoms with Crippen LogP contribution in [0.15, 0.2) is 30.3 Å². The maximum atomic E-state index is 12.0. The van der Waals surface area contributed by atoms with Crippen LogP contribution in [0.1, 0.15) is 26.3 Å². The van der Waals surface area contributed by atoms with Crippen LogP contribution in [0, 0.1) is 0 Å². The van der Waals surface area contributed by atoms with E-state index in [0.717, 1.165) is 5.56 Å². The zero-order valence-corrected chi connectivity index (χ0v) is 12.9. The van der Waals surface area contributed by atoms with E-state index in [1.807, 2.05) is 51.1 Å². The number of carbonyl (C=O) groups is 1. The molecule has 1 heterocycles. The van der Waals surface area contributed by atoms with Crippen LogP contribution in [-0.4, -0.2) is 42.6 Å². The molecule has 1 unspecified atom stereocenters. The Balaban J connectivity index is 1.82. The van der Waals surface area contributed by atoms with E-state index in [4.69, 9.17) is 14.2 Å². The first kappa shape index (κ1) is 15.8. The monoisotopic (exact) mass is 293 g/mol. The molecule has 0 spiro atoms. The summed E-state index contributed by atoms with van der Waals surface area (Å²) in [5.74, 6) is 0. The zero-order chi connectivity index (χ0) is 15.3. The van der Waals surface area contributed by atoms with Gasteiger partial charge in [-0.25, -0.2) is 4.79 Å². The van der Waals surface area contributed by atoms with Crippen molar-refractivity contribution in [1.82, 2.24) is 4.90 Å². The van der Waals surface area contributed by atoms with Gasteiger partial charge >= 0.3 is 6.09 Å². The lowest BCUT2D eigenvalue weighted by molar-refractivity contribution is -0.182. The molecule has 0 aromatic heterocycles. The Morgan fingerprint density at radius 1 is 1.33 bits per heavy atom. The zero-order valence-electron chi connectivity index (χ0n) is 12.9. The van der Waals surface area contributed by atoms with Crippen LogP contribution in [0.3, 0.4) is 0 Å². The summed E-state index contributed by atoms with van der Waals surface area (Å²) in [5, 5.41) is 0. The van der Waals surface area contributed by atoms with Crippen molar-refractivity contribution in [3.8, 4) is 0 Å². The molecule has 0 bridgehead atoms. The second-order valence-electron chi connectivity index (χ2n) is 6.02. The standard InChI is InChI=1S/C16H23NO4/c1-16(2,3)21-15(18)17-9-10-19-14(11-17)20-12-13-7-5-4-6-8-13/h4-8,14H,9-12H2,1-3H3. The van der Waals surface area contributed by atoms with Crippen LogP contribution in [0.25, 0.3) is 0 Å². The fraction of sp³-hybridized carbons (Fsp3) is 0.562. The predicted octanol–water partition coefficient (Wildman–Crippen LogP) is 2.80. The van der Waals surface area contributed by atoms with Gasteiger partial charge in [-0.2, -0.15) is 0 Å². The summed E-state index contributed by atoms with van der Waals surface area (Å²) in [4.78, 5) is 13.7. The van der Waals surface area contributed by atoms with Crippen LogP contribution in [0.5, 0.6) is 0 Å². The summed E-state index contributed by atoms with van der Waals surface area (Å²) < 4.78 is 16.6. The van der Waals surface area contributed by atoms with Crippen molar-refractivity contribution >= 4 is 6.09 Å². The van der Waals surface area contributed by atoms with Crippen molar-refractivity contribution in [2.24, 2.45) is 0 Å². The number of morpholine rings is 1. The van der Waals surface area contributed by atoms with E-state index in [2.05, 4.69) is 0 Å². The van der Waals surface area contributed by atoms with Crippen molar-refractivity contribution < 1.29 is 19.0 Å². The summed E-state index contributed by atoms with van der Waals surface area (Å²) in [5.41, 5.74) is 0.589. The normalized spacial score (nSPS) is 19.4. The van der Waals surface area contributed by atoms with Gasteiger partial charge in [0.15, 0.2) is 6.29 Å². The van der Waals surface area contributed by atoms with Crippen molar-refractivity contribution in [3.05, 3.63) is 35.9 Å². The summed E-state index contributed by atoms with van der Waals surface area (Å²) in [6, 6.07) is 9.88. The SMILES string of the molecule is CC(C)(C)OC(=O)N1CCOC(OCc2ccccc2)C1. The third kappa shape index (κ3) is 5.36. The molecular formula is C16H23NO4. The van der Waals surface area contributed by atoms with Gasteiger partial charge in [-0.1, -0.05) is 30.3 Å². The number of carbonyl (C=O) groups excluding carboxylic acids is 1. The summed E-state index contributed by atoms with van der Waals surface area (Å²) in [6.45, 7) is 7.41. The first-order chi connectivity index (χ1) is 9.94. The van der Waals surface area contributed by atoms with Crippen molar-refractivity contribution in [3.63, 3.8) is 0 Å². The van der Waals surface area contributed by atoms with Crippen LogP contribution in [0.2, 0.25) is 0 Å². The molecule has 1 saturated heterocycles. The predicted molar refractivity (Wildman–Crippen MR) is 78.8 cm³/mol. The van der Waals surface area contributed by atoms with Crippen molar-refractivity contribution in [1.29, 1.82) is 0 Å². The Morgan fingerprint density at radius 3 is 2.71 bits per heavy atom. The van der Waals surface area contributed by atoms with E-state index in [9.17, 15) is 4.79 Å². The van der Waals surface area contributed by atoms with Gasteiger partial charge in [-0.15, -0.1) is 0 Å². The summed E-state index contributed by atoms with van der Waals surface area (Å²) >= 11 is 0. The Bertz CT molecular complexity index is 455. The van der Waals surface area contributed by atoms with Crippen LogP contribution in [0.4, 0.5) is 4.79 Å². The van der Waals surface area contributed by atoms with Crippen molar-refractivity contribution in [2.45, 2.75) is 39.3 Å². The largest absolute Gasteiger partial charge is 0.444 e. The second-order valence-corrected chi connectivity index (χ2v) is 6.02. The third-order valence-electron chi connectivity index (χ3n) is 2.96. The van der Waals surface area contributed by atoms with Crippen molar-refractivity contribution in [2.75, 3.05) is 19.7 Å². The topological polar surface area (TPSA) is 48.0 Å². The van der Waals surface area contributed by atoms with E-state index >= 15 is 0 Å². The minimum atomic E-state index is -0.490. The molecule has 0 radical (unpaired) electrons. The molecule has 1 amide bonds. The molecule has 1 aromatic carbocycles. The highest BCUT2D eigenvalue weighted by Crippen LogP contribution is 2.14. The van der Waals surface area contributed by atoms with Crippen LogP contribution >= 0.6 is 0 Å². The number of hydrogen-bond acceptors (Lipinski definition) is 4. The molecule has 1 atom stereocenters. The third-order valence-corrected chi connectivity index (χ3v) is 2.96. The second kappa shape index (κ2) is 6.91. The van der Waals surface area contributed by atoms with Gasteiger partial charge in [0.25, 0.3) is 0 Å². The molecule has 1 aromatic rings. The highest BCUT2D eigenvalue weighted by atomic mass is 16.7. The minimum absolute atomic E-state index is 0.320. The first-order valence-corrected chi connectivity index (χ1v) is 7.19. The van der Waals surface area contributed by atoms with Crippen LogP contribution in [-0.2, 0) is 20.8 Å². The highest BCUT2D eigenvalue weighted by molar-refractivity contribution is 5.68. The Hall–Kier alpha value is -1.59. The molecule has 2 rings (SSSR count). The summed E-state index contributed by atoms with van der Waals surface area (Å²) in [7, 11) is 0. The number of amides is 1. The lowest BCUT2D eigenvalue weighted by Gasteiger charge is -2.34. The fourth-order valence-corrected chi connectivity index (χ4v) is 1.97. The molecule has 0 saturated carbocycles. The lowest BCUT2D eigenvalue weighted by atomic mass is 10.2. The van der Waals surface area contributed by atoms with Crippen LogP contribution < -0.4 is 0 Å². The molecule has 1 aliphatic rings. The molecule has 116 valence electrons. The number of hydrogen-bond donors (Lipinski definition) is 0. The number of benzene rings is 1. The maximum Gasteiger partial charge on any atom is 0.410 e. The fourth-order valence-electron chi connectivity index (χ4n) is 1.97. The van der Waals surface area contributed by atoms with E-state index in [0.29, 0.717) is 26.3 Å². The van der Waals surface area contributed by atoms with Gasteiger partial charge in [-0.05, 0) is 26.3 Å². The van der Waals surface area contributed by atoms with E-state index in [1.165, 1.54) is 0 Å². The first-order valence-electron chi connectivity index (χ1n) is 7.19. The maximum absolute atomic E-state index is 12.0. The molecule has 21 heavy (non-hydrogen) atoms. The smallest absolute Gasteiger partial charge is 0.410 e. The van der Waals surface area contributed by atoms with Gasteiger partial charge in [0, 0.05) is 6.54 Å². The van der Waals surface area contributed by atoms with Gasteiger partial charge < -0.3 is 19.1 Å². The van der Waals surface area contributed by atoms with Gasteiger partial charge in [0.1, 0.15) is 5.60 Å². The van der Waals surface area contributed by atoms with Gasteiger partial charge in [0.2, 0.25) is 0 Å². The van der Waals surface area contributed by atoms with E-state index < -0.39 is 11.9 Å². The molecule has 0 N–H and O–H groups in total. The molecule has 5 nitrogen and oxygen atoms in total. The Morgan fingerprint density at radius 2 is 2.05 bits per heavy atom. The van der Waals surface area contributed by atoms with Gasteiger partial charge in [0.05, 0.1) is 19.8 Å². The van der Waals surface area contributed by atoms with E-state index in [1.54, 1.807) is 4.90 Å².